The van der Waals surface area contributed by atoms with Crippen molar-refractivity contribution in [3.8, 4) is 0 Å². The molecule has 0 saturated carbocycles. The molecule has 0 fully saturated rings. The summed E-state index contributed by atoms with van der Waals surface area (Å²) in [4.78, 5) is 10.7. The third-order valence-corrected chi connectivity index (χ3v) is 2.49. The number of ether oxygens (including phenoxy) is 1. The van der Waals surface area contributed by atoms with Gasteiger partial charge in [-0.15, -0.1) is 0 Å². The van der Waals surface area contributed by atoms with Gasteiger partial charge in [-0.25, -0.2) is 4.79 Å². The summed E-state index contributed by atoms with van der Waals surface area (Å²) < 4.78 is 5.62. The summed E-state index contributed by atoms with van der Waals surface area (Å²) in [6, 6.07) is 6.83. The smallest absolute Gasteiger partial charge is 0.335 e. The zero-order valence-corrected chi connectivity index (χ0v) is 9.77. The molecule has 1 unspecified atom stereocenters. The van der Waals surface area contributed by atoms with Crippen LogP contribution in [-0.4, -0.2) is 17.7 Å². The number of aromatic carboxylic acids is 1. The molecule has 1 aromatic carbocycles. The van der Waals surface area contributed by atoms with Gasteiger partial charge in [-0.2, -0.15) is 0 Å². The van der Waals surface area contributed by atoms with E-state index in [4.69, 9.17) is 9.84 Å². The third kappa shape index (κ3) is 3.66. The molecule has 1 atom stereocenters. The molecule has 16 heavy (non-hydrogen) atoms. The van der Waals surface area contributed by atoms with Crippen LogP contribution < -0.4 is 0 Å². The largest absolute Gasteiger partial charge is 0.478 e. The van der Waals surface area contributed by atoms with Crippen molar-refractivity contribution < 1.29 is 14.6 Å². The van der Waals surface area contributed by atoms with E-state index < -0.39 is 5.97 Å². The van der Waals surface area contributed by atoms with Crippen LogP contribution in [0.5, 0.6) is 0 Å². The minimum absolute atomic E-state index is 0.0226. The minimum atomic E-state index is -0.897. The van der Waals surface area contributed by atoms with Crippen molar-refractivity contribution in [3.63, 3.8) is 0 Å². The highest BCUT2D eigenvalue weighted by atomic mass is 16.5. The van der Waals surface area contributed by atoms with Gasteiger partial charge in [0.25, 0.3) is 0 Å². The average molecular weight is 222 g/mol. The number of benzene rings is 1. The van der Waals surface area contributed by atoms with Gasteiger partial charge in [0.15, 0.2) is 0 Å². The van der Waals surface area contributed by atoms with Crippen LogP contribution in [0.2, 0.25) is 0 Å². The molecular weight excluding hydrogens is 204 g/mol. The molecule has 0 aliphatic carbocycles. The molecule has 0 amide bonds. The van der Waals surface area contributed by atoms with Gasteiger partial charge in [-0.05, 0) is 31.0 Å². The lowest BCUT2D eigenvalue weighted by Gasteiger charge is -2.13. The van der Waals surface area contributed by atoms with Crippen LogP contribution in [0.25, 0.3) is 0 Å². The molecule has 3 heteroatoms. The van der Waals surface area contributed by atoms with E-state index in [1.165, 1.54) is 0 Å². The first-order valence-corrected chi connectivity index (χ1v) is 5.60. The second kappa shape index (κ2) is 6.28. The number of rotatable bonds is 6. The first-order chi connectivity index (χ1) is 7.65. The lowest BCUT2D eigenvalue weighted by Crippen LogP contribution is -2.02. The summed E-state index contributed by atoms with van der Waals surface area (Å²) in [6.07, 6.45) is 2.19. The van der Waals surface area contributed by atoms with E-state index in [2.05, 4.69) is 6.92 Å². The molecule has 3 nitrogen and oxygen atoms in total. The molecule has 1 aromatic rings. The van der Waals surface area contributed by atoms with Crippen molar-refractivity contribution in [2.45, 2.75) is 32.8 Å². The molecule has 0 aliphatic rings. The quantitative estimate of drug-likeness (QED) is 0.751. The van der Waals surface area contributed by atoms with Crippen LogP contribution >= 0.6 is 0 Å². The van der Waals surface area contributed by atoms with Gasteiger partial charge in [0.05, 0.1) is 11.7 Å². The van der Waals surface area contributed by atoms with Crippen LogP contribution in [-0.2, 0) is 4.74 Å². The van der Waals surface area contributed by atoms with Crippen LogP contribution in [0, 0.1) is 0 Å². The predicted molar refractivity (Wildman–Crippen MR) is 62.7 cm³/mol. The molecule has 0 bridgehead atoms. The molecule has 0 saturated heterocycles. The Bertz CT molecular complexity index is 330. The van der Waals surface area contributed by atoms with E-state index in [0.717, 1.165) is 25.0 Å². The molecule has 0 aromatic heterocycles. The molecule has 0 spiro atoms. The fourth-order valence-corrected chi connectivity index (χ4v) is 1.40. The first-order valence-electron chi connectivity index (χ1n) is 5.60. The van der Waals surface area contributed by atoms with Crippen molar-refractivity contribution in [1.82, 2.24) is 0 Å². The van der Waals surface area contributed by atoms with Crippen molar-refractivity contribution in [2.24, 2.45) is 0 Å². The Balaban J connectivity index is 2.56. The number of hydrogen-bond acceptors (Lipinski definition) is 2. The number of carboxylic acid groups (broad SMARTS) is 1. The van der Waals surface area contributed by atoms with E-state index in [-0.39, 0.29) is 6.10 Å². The topological polar surface area (TPSA) is 46.5 Å². The monoisotopic (exact) mass is 222 g/mol. The maximum absolute atomic E-state index is 10.7. The van der Waals surface area contributed by atoms with Crippen LogP contribution in [0.15, 0.2) is 24.3 Å². The molecule has 0 heterocycles. The Kier molecular flexibility index (Phi) is 4.99. The lowest BCUT2D eigenvalue weighted by molar-refractivity contribution is 0.0634. The number of carboxylic acids is 1. The van der Waals surface area contributed by atoms with Gasteiger partial charge in [0, 0.05) is 6.61 Å². The first kappa shape index (κ1) is 12.7. The van der Waals surface area contributed by atoms with Crippen molar-refractivity contribution in [3.05, 3.63) is 35.4 Å². The summed E-state index contributed by atoms with van der Waals surface area (Å²) in [7, 11) is 0. The van der Waals surface area contributed by atoms with Crippen LogP contribution in [0.1, 0.15) is 48.7 Å². The van der Waals surface area contributed by atoms with Gasteiger partial charge in [0.1, 0.15) is 0 Å². The molecule has 88 valence electrons. The normalized spacial score (nSPS) is 12.4. The Hall–Kier alpha value is -1.35. The number of unbranched alkanes of at least 4 members (excludes halogenated alkanes) is 1. The predicted octanol–water partition coefficient (Wildman–Crippen LogP) is 3.26. The van der Waals surface area contributed by atoms with Crippen molar-refractivity contribution in [2.75, 3.05) is 6.61 Å². The second-order valence-electron chi connectivity index (χ2n) is 3.79. The number of carbonyl (C=O) groups is 1. The van der Waals surface area contributed by atoms with E-state index in [1.54, 1.807) is 24.3 Å². The summed E-state index contributed by atoms with van der Waals surface area (Å²) in [5.74, 6) is -0.897. The zero-order chi connectivity index (χ0) is 12.0. The van der Waals surface area contributed by atoms with E-state index >= 15 is 0 Å². The van der Waals surface area contributed by atoms with Gasteiger partial charge in [-0.1, -0.05) is 25.5 Å². The molecule has 1 rings (SSSR count). The summed E-state index contributed by atoms with van der Waals surface area (Å²) in [5.41, 5.74) is 1.32. The molecular formula is C13H18O3. The zero-order valence-electron chi connectivity index (χ0n) is 9.77. The standard InChI is InChI=1S/C13H18O3/c1-3-4-9-16-10(2)11-5-7-12(8-6-11)13(14)15/h5-8,10H,3-4,9H2,1-2H3,(H,14,15). The van der Waals surface area contributed by atoms with Gasteiger partial charge >= 0.3 is 5.97 Å². The molecule has 0 radical (unpaired) electrons. The maximum atomic E-state index is 10.7. The fourth-order valence-electron chi connectivity index (χ4n) is 1.40. The highest BCUT2D eigenvalue weighted by Gasteiger charge is 2.07. The van der Waals surface area contributed by atoms with Crippen molar-refractivity contribution in [1.29, 1.82) is 0 Å². The summed E-state index contributed by atoms with van der Waals surface area (Å²) in [5, 5.41) is 8.76. The van der Waals surface area contributed by atoms with E-state index in [9.17, 15) is 4.79 Å². The van der Waals surface area contributed by atoms with Gasteiger partial charge < -0.3 is 9.84 Å². The average Bonchev–Trinajstić information content (AvgIpc) is 2.29. The Morgan fingerprint density at radius 1 is 1.38 bits per heavy atom. The van der Waals surface area contributed by atoms with E-state index in [1.807, 2.05) is 6.92 Å². The summed E-state index contributed by atoms with van der Waals surface area (Å²) >= 11 is 0. The lowest BCUT2D eigenvalue weighted by atomic mass is 10.1. The highest BCUT2D eigenvalue weighted by Crippen LogP contribution is 2.17. The van der Waals surface area contributed by atoms with Gasteiger partial charge in [-0.3, -0.25) is 0 Å². The second-order valence-corrected chi connectivity index (χ2v) is 3.79. The van der Waals surface area contributed by atoms with Gasteiger partial charge in [0.2, 0.25) is 0 Å². The van der Waals surface area contributed by atoms with Crippen molar-refractivity contribution >= 4 is 5.97 Å². The third-order valence-electron chi connectivity index (χ3n) is 2.49. The SMILES string of the molecule is CCCCOC(C)c1ccc(C(=O)O)cc1. The van der Waals surface area contributed by atoms with Crippen LogP contribution in [0.4, 0.5) is 0 Å². The highest BCUT2D eigenvalue weighted by molar-refractivity contribution is 5.87. The Morgan fingerprint density at radius 3 is 2.50 bits per heavy atom. The molecule has 0 aliphatic heterocycles. The van der Waals surface area contributed by atoms with E-state index in [0.29, 0.717) is 5.56 Å². The maximum Gasteiger partial charge on any atom is 0.335 e. The fraction of sp³-hybridized carbons (Fsp3) is 0.462. The Labute approximate surface area is 96.1 Å². The van der Waals surface area contributed by atoms with Crippen LogP contribution in [0.3, 0.4) is 0 Å². The summed E-state index contributed by atoms with van der Waals surface area (Å²) in [6.45, 7) is 4.85. The minimum Gasteiger partial charge on any atom is -0.478 e. The Morgan fingerprint density at radius 2 is 2.00 bits per heavy atom. The molecule has 1 N–H and O–H groups in total. The number of hydrogen-bond donors (Lipinski definition) is 1.